The highest BCUT2D eigenvalue weighted by atomic mass is 32.2. The third-order valence-electron chi connectivity index (χ3n) is 4.88. The van der Waals surface area contributed by atoms with Crippen molar-refractivity contribution in [2.45, 2.75) is 35.3 Å². The molecule has 0 aliphatic carbocycles. The van der Waals surface area contributed by atoms with Crippen LogP contribution in [0, 0.1) is 0 Å². The Bertz CT molecular complexity index is 900. The maximum absolute atomic E-state index is 13.4. The highest BCUT2D eigenvalue weighted by Crippen LogP contribution is 2.44. The van der Waals surface area contributed by atoms with E-state index in [1.54, 1.807) is 18.2 Å². The predicted octanol–water partition coefficient (Wildman–Crippen LogP) is 2.31. The van der Waals surface area contributed by atoms with Crippen molar-refractivity contribution in [2.24, 2.45) is 0 Å². The molecule has 0 radical (unpaired) electrons. The van der Waals surface area contributed by atoms with E-state index in [1.807, 2.05) is 30.3 Å². The molecule has 0 saturated carbocycles. The van der Waals surface area contributed by atoms with Crippen LogP contribution in [-0.2, 0) is 30.8 Å². The first-order valence-corrected chi connectivity index (χ1v) is 9.97. The molecule has 2 aromatic carbocycles. The zero-order valence-corrected chi connectivity index (χ0v) is 14.9. The van der Waals surface area contributed by atoms with Gasteiger partial charge in [-0.25, -0.2) is 13.2 Å². The molecule has 2 unspecified atom stereocenters. The molecule has 0 N–H and O–H groups in total. The first-order chi connectivity index (χ1) is 12.5. The first-order valence-electron chi connectivity index (χ1n) is 8.49. The van der Waals surface area contributed by atoms with Gasteiger partial charge in [-0.2, -0.15) is 5.06 Å². The SMILES string of the molecule is O=C1OC2CCN(OCc3ccccc3)C1(S(=O)(=O)c1ccccc1)C2. The minimum Gasteiger partial charge on any atom is -0.460 e. The Hall–Kier alpha value is -2.22. The fourth-order valence-corrected chi connectivity index (χ4v) is 5.52. The lowest BCUT2D eigenvalue weighted by Crippen LogP contribution is -2.59. The van der Waals surface area contributed by atoms with Crippen LogP contribution in [0.4, 0.5) is 0 Å². The van der Waals surface area contributed by atoms with E-state index in [2.05, 4.69) is 0 Å². The number of hydroxylamine groups is 2. The molecule has 2 bridgehead atoms. The highest BCUT2D eigenvalue weighted by molar-refractivity contribution is 7.93. The lowest BCUT2D eigenvalue weighted by molar-refractivity contribution is -0.213. The predicted molar refractivity (Wildman–Crippen MR) is 93.4 cm³/mol. The van der Waals surface area contributed by atoms with Gasteiger partial charge in [0.25, 0.3) is 4.87 Å². The van der Waals surface area contributed by atoms with Crippen LogP contribution in [0.15, 0.2) is 65.6 Å². The Labute approximate surface area is 152 Å². The van der Waals surface area contributed by atoms with E-state index in [1.165, 1.54) is 17.2 Å². The number of carbonyl (C=O) groups is 1. The average molecular weight is 373 g/mol. The van der Waals surface area contributed by atoms with Crippen molar-refractivity contribution < 1.29 is 22.8 Å². The molecular weight excluding hydrogens is 354 g/mol. The Kier molecular flexibility index (Phi) is 4.30. The van der Waals surface area contributed by atoms with Gasteiger partial charge >= 0.3 is 5.97 Å². The summed E-state index contributed by atoms with van der Waals surface area (Å²) in [5, 5.41) is 1.31. The van der Waals surface area contributed by atoms with Crippen molar-refractivity contribution >= 4 is 15.8 Å². The summed E-state index contributed by atoms with van der Waals surface area (Å²) in [5.41, 5.74) is 0.897. The van der Waals surface area contributed by atoms with E-state index >= 15 is 0 Å². The van der Waals surface area contributed by atoms with Crippen LogP contribution in [0.2, 0.25) is 0 Å². The lowest BCUT2D eigenvalue weighted by Gasteiger charge is -2.38. The lowest BCUT2D eigenvalue weighted by atomic mass is 10.0. The van der Waals surface area contributed by atoms with Crippen molar-refractivity contribution in [3.63, 3.8) is 0 Å². The minimum atomic E-state index is -4.01. The zero-order valence-electron chi connectivity index (χ0n) is 14.1. The summed E-state index contributed by atoms with van der Waals surface area (Å²) in [4.78, 5) is 16.8. The quantitative estimate of drug-likeness (QED) is 0.749. The first kappa shape index (κ1) is 17.2. The van der Waals surface area contributed by atoms with Crippen LogP contribution < -0.4 is 0 Å². The smallest absolute Gasteiger partial charge is 0.345 e. The fraction of sp³-hybridized carbons (Fsp3) is 0.316. The summed E-state index contributed by atoms with van der Waals surface area (Å²) in [6.45, 7) is 0.500. The van der Waals surface area contributed by atoms with Crippen LogP contribution in [0.1, 0.15) is 18.4 Å². The molecule has 7 heteroatoms. The molecule has 2 aliphatic heterocycles. The molecule has 0 spiro atoms. The summed E-state index contributed by atoms with van der Waals surface area (Å²) in [5.74, 6) is -0.753. The molecule has 2 saturated heterocycles. The zero-order chi connectivity index (χ0) is 18.2. The van der Waals surface area contributed by atoms with E-state index in [-0.39, 0.29) is 17.9 Å². The molecule has 2 aliphatic rings. The Morgan fingerprint density at radius 2 is 1.73 bits per heavy atom. The second kappa shape index (κ2) is 6.50. The van der Waals surface area contributed by atoms with Crippen molar-refractivity contribution in [1.82, 2.24) is 5.06 Å². The summed E-state index contributed by atoms with van der Waals surface area (Å²) in [7, 11) is -4.01. The van der Waals surface area contributed by atoms with Crippen LogP contribution in [0.5, 0.6) is 0 Å². The van der Waals surface area contributed by atoms with Gasteiger partial charge in [-0.3, -0.25) is 4.84 Å². The van der Waals surface area contributed by atoms with Gasteiger partial charge in [-0.05, 0) is 24.1 Å². The number of hydrogen-bond acceptors (Lipinski definition) is 6. The van der Waals surface area contributed by atoms with E-state index < -0.39 is 26.8 Å². The van der Waals surface area contributed by atoms with Crippen LogP contribution in [-0.4, -0.2) is 37.0 Å². The fourth-order valence-electron chi connectivity index (χ4n) is 3.53. The number of hydrogen-bond donors (Lipinski definition) is 0. The van der Waals surface area contributed by atoms with Gasteiger partial charge in [0, 0.05) is 13.0 Å². The minimum absolute atomic E-state index is 0.0812. The number of piperidine rings is 1. The largest absolute Gasteiger partial charge is 0.460 e. The van der Waals surface area contributed by atoms with E-state index in [0.29, 0.717) is 13.0 Å². The molecule has 6 nitrogen and oxygen atoms in total. The number of carbonyl (C=O) groups excluding carboxylic acids is 1. The molecule has 26 heavy (non-hydrogen) atoms. The average Bonchev–Trinajstić information content (AvgIpc) is 2.95. The van der Waals surface area contributed by atoms with Crippen LogP contribution in [0.25, 0.3) is 0 Å². The van der Waals surface area contributed by atoms with Crippen LogP contribution in [0.3, 0.4) is 0 Å². The van der Waals surface area contributed by atoms with Gasteiger partial charge in [0.15, 0.2) is 0 Å². The number of esters is 1. The second-order valence-electron chi connectivity index (χ2n) is 6.48. The van der Waals surface area contributed by atoms with Crippen molar-refractivity contribution in [1.29, 1.82) is 0 Å². The summed E-state index contributed by atoms with van der Waals surface area (Å²) < 4.78 is 32.1. The molecule has 136 valence electrons. The van der Waals surface area contributed by atoms with Gasteiger partial charge in [0.2, 0.25) is 9.84 Å². The number of nitrogens with zero attached hydrogens (tertiary/aromatic N) is 1. The standard InChI is InChI=1S/C19H19NO5S/c21-18-19(26(22,23)17-9-5-2-6-10-17)13-16(25-18)11-12-20(19)24-14-15-7-3-1-4-8-15/h1-10,16H,11-14H2. The van der Waals surface area contributed by atoms with Crippen molar-refractivity contribution in [3.05, 3.63) is 66.2 Å². The highest BCUT2D eigenvalue weighted by Gasteiger charge is 2.66. The maximum atomic E-state index is 13.4. The monoisotopic (exact) mass is 373 g/mol. The molecule has 0 amide bonds. The number of fused-ring (bicyclic) bond motifs is 2. The van der Waals surface area contributed by atoms with Gasteiger partial charge < -0.3 is 4.74 Å². The third-order valence-corrected chi connectivity index (χ3v) is 7.20. The number of benzene rings is 2. The topological polar surface area (TPSA) is 72.9 Å². The van der Waals surface area contributed by atoms with Gasteiger partial charge in [-0.15, -0.1) is 0 Å². The summed E-state index contributed by atoms with van der Waals surface area (Å²) in [6.07, 6.45) is 0.238. The van der Waals surface area contributed by atoms with E-state index in [0.717, 1.165) is 5.56 Å². The second-order valence-corrected chi connectivity index (χ2v) is 8.64. The molecule has 4 rings (SSSR count). The Balaban J connectivity index is 1.70. The third kappa shape index (κ3) is 2.63. The number of ether oxygens (including phenoxy) is 1. The summed E-state index contributed by atoms with van der Waals surface area (Å²) >= 11 is 0. The molecule has 2 aromatic rings. The van der Waals surface area contributed by atoms with Crippen LogP contribution >= 0.6 is 0 Å². The normalized spacial score (nSPS) is 25.8. The molecular formula is C19H19NO5S. The molecule has 2 atom stereocenters. The van der Waals surface area contributed by atoms with E-state index in [4.69, 9.17) is 9.57 Å². The van der Waals surface area contributed by atoms with Gasteiger partial charge in [0.05, 0.1) is 11.5 Å². The molecule has 0 aromatic heterocycles. The van der Waals surface area contributed by atoms with E-state index in [9.17, 15) is 13.2 Å². The van der Waals surface area contributed by atoms with Gasteiger partial charge in [0.1, 0.15) is 6.10 Å². The Morgan fingerprint density at radius 3 is 2.42 bits per heavy atom. The number of rotatable bonds is 5. The van der Waals surface area contributed by atoms with Crippen molar-refractivity contribution in [3.8, 4) is 0 Å². The summed E-state index contributed by atoms with van der Waals surface area (Å²) in [6, 6.07) is 17.4. The molecule has 2 heterocycles. The van der Waals surface area contributed by atoms with Gasteiger partial charge in [-0.1, -0.05) is 48.5 Å². The van der Waals surface area contributed by atoms with Crippen molar-refractivity contribution in [2.75, 3.05) is 6.54 Å². The number of sulfone groups is 1. The molecule has 2 fully saturated rings. The maximum Gasteiger partial charge on any atom is 0.345 e. The Morgan fingerprint density at radius 1 is 1.08 bits per heavy atom.